The van der Waals surface area contributed by atoms with Gasteiger partial charge in [0.2, 0.25) is 0 Å². The molecular weight excluding hydrogens is 344 g/mol. The van der Waals surface area contributed by atoms with Crippen molar-refractivity contribution in [1.29, 1.82) is 0 Å². The Balaban J connectivity index is 1.83. The minimum Gasteiger partial charge on any atom is -0.337 e. The van der Waals surface area contributed by atoms with Crippen LogP contribution in [-0.4, -0.2) is 32.3 Å². The molecule has 2 aromatic carbocycles. The van der Waals surface area contributed by atoms with E-state index in [0.717, 1.165) is 12.0 Å². The lowest BCUT2D eigenvalue weighted by Gasteiger charge is -2.18. The maximum atomic E-state index is 12.7. The molecule has 1 aromatic heterocycles. The molecule has 1 amide bonds. The first-order valence-electron chi connectivity index (χ1n) is 8.59. The summed E-state index contributed by atoms with van der Waals surface area (Å²) in [5.41, 5.74) is 2.75. The highest BCUT2D eigenvalue weighted by Crippen LogP contribution is 2.25. The van der Waals surface area contributed by atoms with Crippen molar-refractivity contribution in [2.24, 2.45) is 0 Å². The Hall–Kier alpha value is -3.48. The third-order valence-electron chi connectivity index (χ3n) is 4.40. The van der Waals surface area contributed by atoms with Gasteiger partial charge in [0.15, 0.2) is 0 Å². The first-order chi connectivity index (χ1) is 13.0. The highest BCUT2D eigenvalue weighted by atomic mass is 16.6. The summed E-state index contributed by atoms with van der Waals surface area (Å²) in [6.07, 6.45) is 5.61. The topological polar surface area (TPSA) is 81.3 Å². The maximum absolute atomic E-state index is 12.7. The summed E-state index contributed by atoms with van der Waals surface area (Å²) in [6.45, 7) is 2.52. The first kappa shape index (κ1) is 18.3. The molecule has 3 aromatic rings. The summed E-state index contributed by atoms with van der Waals surface area (Å²) >= 11 is 0. The number of aryl methyl sites for hydroxylation is 1. The van der Waals surface area contributed by atoms with Gasteiger partial charge < -0.3 is 9.47 Å². The van der Waals surface area contributed by atoms with E-state index < -0.39 is 4.92 Å². The second-order valence-electron chi connectivity index (χ2n) is 6.26. The molecule has 0 aliphatic heterocycles. The van der Waals surface area contributed by atoms with E-state index in [4.69, 9.17) is 0 Å². The second kappa shape index (κ2) is 7.82. The monoisotopic (exact) mass is 364 g/mol. The Morgan fingerprint density at radius 1 is 1.19 bits per heavy atom. The van der Waals surface area contributed by atoms with Crippen molar-refractivity contribution in [2.45, 2.75) is 19.9 Å². The minimum absolute atomic E-state index is 0.139. The summed E-state index contributed by atoms with van der Waals surface area (Å²) in [5.74, 6) is -0.269. The molecule has 0 saturated heterocycles. The fourth-order valence-electron chi connectivity index (χ4n) is 2.87. The predicted octanol–water partition coefficient (Wildman–Crippen LogP) is 3.62. The van der Waals surface area contributed by atoms with Gasteiger partial charge in [0.1, 0.15) is 5.69 Å². The van der Waals surface area contributed by atoms with Crippen LogP contribution in [-0.2, 0) is 13.0 Å². The van der Waals surface area contributed by atoms with Gasteiger partial charge in [0.25, 0.3) is 11.6 Å². The van der Waals surface area contributed by atoms with E-state index in [1.54, 1.807) is 41.0 Å². The van der Waals surface area contributed by atoms with Crippen LogP contribution < -0.4 is 0 Å². The van der Waals surface area contributed by atoms with E-state index >= 15 is 0 Å². The van der Waals surface area contributed by atoms with Crippen LogP contribution in [0.4, 0.5) is 5.69 Å². The minimum atomic E-state index is -0.490. The van der Waals surface area contributed by atoms with Crippen LogP contribution >= 0.6 is 0 Å². The highest BCUT2D eigenvalue weighted by Gasteiger charge is 2.20. The van der Waals surface area contributed by atoms with Gasteiger partial charge in [-0.1, -0.05) is 31.2 Å². The van der Waals surface area contributed by atoms with Crippen LogP contribution in [0.25, 0.3) is 5.69 Å². The number of hydrogen-bond acceptors (Lipinski definition) is 4. The molecular formula is C20H20N4O3. The van der Waals surface area contributed by atoms with Crippen LogP contribution in [0.15, 0.2) is 61.2 Å². The first-order valence-corrected chi connectivity index (χ1v) is 8.59. The molecule has 0 atom stereocenters. The zero-order valence-electron chi connectivity index (χ0n) is 15.2. The van der Waals surface area contributed by atoms with Crippen molar-refractivity contribution in [3.05, 3.63) is 88.0 Å². The molecule has 3 rings (SSSR count). The number of aromatic nitrogens is 2. The lowest BCUT2D eigenvalue weighted by Crippen LogP contribution is -2.26. The summed E-state index contributed by atoms with van der Waals surface area (Å²) in [4.78, 5) is 29.2. The molecule has 0 unspecified atom stereocenters. The number of carbonyl (C=O) groups is 1. The third kappa shape index (κ3) is 4.03. The summed E-state index contributed by atoms with van der Waals surface area (Å²) in [7, 11) is 1.69. The van der Waals surface area contributed by atoms with Crippen LogP contribution in [0.5, 0.6) is 0 Å². The van der Waals surface area contributed by atoms with Gasteiger partial charge in [-0.2, -0.15) is 0 Å². The average molecular weight is 364 g/mol. The van der Waals surface area contributed by atoms with Crippen molar-refractivity contribution in [3.63, 3.8) is 0 Å². The van der Waals surface area contributed by atoms with Crippen molar-refractivity contribution in [3.8, 4) is 5.69 Å². The van der Waals surface area contributed by atoms with Crippen LogP contribution in [0.3, 0.4) is 0 Å². The Bertz CT molecular complexity index is 950. The summed E-state index contributed by atoms with van der Waals surface area (Å²) < 4.78 is 1.55. The van der Waals surface area contributed by atoms with Crippen molar-refractivity contribution < 1.29 is 9.72 Å². The maximum Gasteiger partial charge on any atom is 0.294 e. The fourth-order valence-corrected chi connectivity index (χ4v) is 2.87. The van der Waals surface area contributed by atoms with E-state index in [2.05, 4.69) is 11.9 Å². The Morgan fingerprint density at radius 3 is 2.48 bits per heavy atom. The SMILES string of the molecule is CCc1ccc(CN(C)C(=O)c2ccc(-n3ccnc3)c([N+](=O)[O-])c2)cc1. The Labute approximate surface area is 157 Å². The molecule has 0 fully saturated rings. The molecule has 0 saturated carbocycles. The molecule has 0 N–H and O–H groups in total. The fraction of sp³-hybridized carbons (Fsp3) is 0.200. The summed E-state index contributed by atoms with van der Waals surface area (Å²) in [5, 5.41) is 11.5. The molecule has 0 aliphatic carbocycles. The zero-order chi connectivity index (χ0) is 19.4. The van der Waals surface area contributed by atoms with Crippen molar-refractivity contribution in [1.82, 2.24) is 14.5 Å². The molecule has 7 heteroatoms. The van der Waals surface area contributed by atoms with Gasteiger partial charge in [-0.15, -0.1) is 0 Å². The number of hydrogen-bond donors (Lipinski definition) is 0. The average Bonchev–Trinajstić information content (AvgIpc) is 3.22. The number of nitrogens with zero attached hydrogens (tertiary/aromatic N) is 4. The molecule has 1 heterocycles. The smallest absolute Gasteiger partial charge is 0.294 e. The molecule has 138 valence electrons. The normalized spacial score (nSPS) is 10.6. The van der Waals surface area contributed by atoms with Gasteiger partial charge in [-0.3, -0.25) is 14.9 Å². The van der Waals surface area contributed by atoms with E-state index in [1.807, 2.05) is 24.3 Å². The lowest BCUT2D eigenvalue weighted by molar-refractivity contribution is -0.384. The van der Waals surface area contributed by atoms with Gasteiger partial charge in [0.05, 0.1) is 11.3 Å². The zero-order valence-corrected chi connectivity index (χ0v) is 15.2. The van der Waals surface area contributed by atoms with Gasteiger partial charge in [-0.05, 0) is 29.7 Å². The molecule has 0 spiro atoms. The van der Waals surface area contributed by atoms with Gasteiger partial charge in [-0.25, -0.2) is 4.98 Å². The van der Waals surface area contributed by atoms with E-state index in [9.17, 15) is 14.9 Å². The highest BCUT2D eigenvalue weighted by molar-refractivity contribution is 5.95. The van der Waals surface area contributed by atoms with E-state index in [-0.39, 0.29) is 17.2 Å². The number of nitro groups is 1. The third-order valence-corrected chi connectivity index (χ3v) is 4.40. The number of imidazole rings is 1. The van der Waals surface area contributed by atoms with Crippen molar-refractivity contribution in [2.75, 3.05) is 7.05 Å². The predicted molar refractivity (Wildman–Crippen MR) is 102 cm³/mol. The van der Waals surface area contributed by atoms with Crippen LogP contribution in [0, 0.1) is 10.1 Å². The van der Waals surface area contributed by atoms with Gasteiger partial charge in [0, 0.05) is 37.6 Å². The standard InChI is InChI=1S/C20H20N4O3/c1-3-15-4-6-16(7-5-15)13-22(2)20(25)17-8-9-18(19(12-17)24(26)27)23-11-10-21-14-23/h4-12,14H,3,13H2,1-2H3. The molecule has 0 bridgehead atoms. The molecule has 0 radical (unpaired) electrons. The van der Waals surface area contributed by atoms with Crippen LogP contribution in [0.2, 0.25) is 0 Å². The number of nitro benzene ring substituents is 1. The number of amides is 1. The molecule has 7 nitrogen and oxygen atoms in total. The van der Waals surface area contributed by atoms with E-state index in [1.165, 1.54) is 18.0 Å². The van der Waals surface area contributed by atoms with Crippen LogP contribution in [0.1, 0.15) is 28.4 Å². The molecule has 27 heavy (non-hydrogen) atoms. The number of benzene rings is 2. The lowest BCUT2D eigenvalue weighted by atomic mass is 10.1. The number of rotatable bonds is 6. The Kier molecular flexibility index (Phi) is 5.30. The number of carbonyl (C=O) groups excluding carboxylic acids is 1. The van der Waals surface area contributed by atoms with Crippen molar-refractivity contribution >= 4 is 11.6 Å². The second-order valence-corrected chi connectivity index (χ2v) is 6.26. The largest absolute Gasteiger partial charge is 0.337 e. The van der Waals surface area contributed by atoms with E-state index in [0.29, 0.717) is 12.2 Å². The summed E-state index contributed by atoms with van der Waals surface area (Å²) in [6, 6.07) is 12.5. The Morgan fingerprint density at radius 2 is 1.89 bits per heavy atom. The molecule has 0 aliphatic rings. The van der Waals surface area contributed by atoms with Gasteiger partial charge >= 0.3 is 0 Å². The quantitative estimate of drug-likeness (QED) is 0.494.